The molecule has 5 nitrogen and oxygen atoms in total. The zero-order chi connectivity index (χ0) is 28.1. The van der Waals surface area contributed by atoms with Gasteiger partial charge in [0.1, 0.15) is 0 Å². The van der Waals surface area contributed by atoms with Gasteiger partial charge in [-0.1, -0.05) is 149 Å². The summed E-state index contributed by atoms with van der Waals surface area (Å²) in [5.74, 6) is 0. The van der Waals surface area contributed by atoms with Crippen LogP contribution in [-0.2, 0) is 14.6 Å². The smallest absolute Gasteiger partial charge is 0.217 e. The maximum absolute atomic E-state index is 10.1. The normalized spacial score (nSPS) is 11.6. The van der Waals surface area contributed by atoms with E-state index in [1.807, 2.05) is 0 Å². The van der Waals surface area contributed by atoms with Crippen molar-refractivity contribution in [2.45, 2.75) is 168 Å². The molecule has 0 fully saturated rings. The Kier molecular flexibility index (Phi) is 36.8. The molecule has 0 unspecified atom stereocenters. The molecule has 0 aliphatic rings. The molecule has 7 heteroatoms. The molecule has 0 amide bonds. The van der Waals surface area contributed by atoms with Crippen LogP contribution >= 0.6 is 0 Å². The Bertz CT molecular complexity index is 538. The minimum absolute atomic E-state index is 0. The standard InChI is InChI=1S/C19H42N.C12H26O4S.Na/c1-5-6-7-8-9-10-11-12-13-14-15-16-17-18-19-20(2,3)4;1-2-3-4-5-6-7-8-9-10-11-12-16-17(13,14)15;/h5-19H2,1-4H3;2-12H2,1H3,(H,13,14,15);/q+1;;/p-1. The molecular weight excluding hydrogens is 505 g/mol. The second-order valence-electron chi connectivity index (χ2n) is 12.0. The van der Waals surface area contributed by atoms with E-state index >= 15 is 0 Å². The molecule has 0 atom stereocenters. The zero-order valence-electron chi connectivity index (χ0n) is 26.9. The Hall–Kier alpha value is 0.830. The summed E-state index contributed by atoms with van der Waals surface area (Å²) < 4.78 is 35.6. The fraction of sp³-hybridized carbons (Fsp3) is 1.00. The Morgan fingerprint density at radius 2 is 0.763 bits per heavy atom. The summed E-state index contributed by atoms with van der Waals surface area (Å²) in [7, 11) is 2.40. The number of nitrogens with zero attached hydrogens (tertiary/aromatic N) is 1. The second kappa shape index (κ2) is 32.3. The van der Waals surface area contributed by atoms with Gasteiger partial charge in [-0.15, -0.1) is 0 Å². The third-order valence-corrected chi connectivity index (χ3v) is 7.36. The molecule has 1 radical (unpaired) electrons. The summed E-state index contributed by atoms with van der Waals surface area (Å²) in [4.78, 5) is 0. The third kappa shape index (κ3) is 46.7. The first-order valence-electron chi connectivity index (χ1n) is 16.0. The van der Waals surface area contributed by atoms with Crippen molar-refractivity contribution in [3.8, 4) is 0 Å². The van der Waals surface area contributed by atoms with Crippen LogP contribution in [0, 0.1) is 0 Å². The van der Waals surface area contributed by atoms with Crippen molar-refractivity contribution >= 4 is 40.0 Å². The van der Waals surface area contributed by atoms with Gasteiger partial charge in [0.2, 0.25) is 10.4 Å². The van der Waals surface area contributed by atoms with Gasteiger partial charge in [0, 0.05) is 29.6 Å². The summed E-state index contributed by atoms with van der Waals surface area (Å²) in [6.45, 7) is 5.87. The van der Waals surface area contributed by atoms with Crippen LogP contribution in [0.3, 0.4) is 0 Å². The maximum atomic E-state index is 10.1. The van der Waals surface area contributed by atoms with Gasteiger partial charge in [0.15, 0.2) is 0 Å². The van der Waals surface area contributed by atoms with Crippen molar-refractivity contribution in [1.29, 1.82) is 0 Å². The largest absolute Gasteiger partial charge is 0.726 e. The molecule has 0 aliphatic heterocycles. The number of rotatable bonds is 27. The number of quaternary nitrogens is 1. The Labute approximate surface area is 262 Å². The molecule has 0 rings (SSSR count). The fourth-order valence-electron chi connectivity index (χ4n) is 4.53. The van der Waals surface area contributed by atoms with Gasteiger partial charge >= 0.3 is 0 Å². The van der Waals surface area contributed by atoms with E-state index in [1.165, 1.54) is 141 Å². The van der Waals surface area contributed by atoms with Crippen LogP contribution in [0.15, 0.2) is 0 Å². The van der Waals surface area contributed by atoms with Crippen LogP contribution in [0.25, 0.3) is 0 Å². The Balaban J connectivity index is -0.000000636. The molecule has 227 valence electrons. The minimum Gasteiger partial charge on any atom is -0.726 e. The Morgan fingerprint density at radius 3 is 1.03 bits per heavy atom. The van der Waals surface area contributed by atoms with Gasteiger partial charge in [-0.2, -0.15) is 0 Å². The molecule has 0 saturated heterocycles. The molecule has 0 aromatic heterocycles. The second-order valence-corrected chi connectivity index (χ2v) is 13.1. The molecular formula is C31H67NNaO4S. The quantitative estimate of drug-likeness (QED) is 0.0323. The average Bonchev–Trinajstić information content (AvgIpc) is 2.82. The first kappa shape index (κ1) is 43.3. The molecule has 38 heavy (non-hydrogen) atoms. The molecule has 0 aromatic carbocycles. The number of unbranched alkanes of at least 4 members (excludes halogenated alkanes) is 22. The van der Waals surface area contributed by atoms with Crippen molar-refractivity contribution in [3.63, 3.8) is 0 Å². The minimum atomic E-state index is -4.48. The van der Waals surface area contributed by atoms with Crippen LogP contribution in [0.1, 0.15) is 168 Å². The predicted octanol–water partition coefficient (Wildman–Crippen LogP) is 9.18. The van der Waals surface area contributed by atoms with E-state index in [-0.39, 0.29) is 36.2 Å². The van der Waals surface area contributed by atoms with Crippen molar-refractivity contribution in [1.82, 2.24) is 0 Å². The van der Waals surface area contributed by atoms with E-state index in [9.17, 15) is 13.0 Å². The molecule has 0 aliphatic carbocycles. The van der Waals surface area contributed by atoms with Gasteiger partial charge in [0.25, 0.3) is 0 Å². The van der Waals surface area contributed by atoms with Crippen LogP contribution in [0.2, 0.25) is 0 Å². The van der Waals surface area contributed by atoms with Crippen LogP contribution in [0.4, 0.5) is 0 Å². The topological polar surface area (TPSA) is 66.4 Å². The van der Waals surface area contributed by atoms with Gasteiger partial charge in [0.05, 0.1) is 34.3 Å². The Morgan fingerprint density at radius 1 is 0.500 bits per heavy atom. The van der Waals surface area contributed by atoms with Gasteiger partial charge < -0.3 is 9.04 Å². The van der Waals surface area contributed by atoms with Gasteiger partial charge in [-0.05, 0) is 19.3 Å². The van der Waals surface area contributed by atoms with E-state index in [2.05, 4.69) is 39.2 Å². The first-order valence-corrected chi connectivity index (χ1v) is 17.4. The van der Waals surface area contributed by atoms with Crippen LogP contribution in [-0.4, -0.2) is 81.3 Å². The molecule has 0 spiro atoms. The summed E-state index contributed by atoms with van der Waals surface area (Å²) >= 11 is 0. The first-order chi connectivity index (χ1) is 17.6. The molecule has 0 aromatic rings. The number of hydrogen-bond donors (Lipinski definition) is 0. The van der Waals surface area contributed by atoms with Crippen molar-refractivity contribution < 1.29 is 21.6 Å². The maximum Gasteiger partial charge on any atom is 0.217 e. The summed E-state index contributed by atoms with van der Waals surface area (Å²) in [5, 5.41) is 0. The van der Waals surface area contributed by atoms with Crippen molar-refractivity contribution in [3.05, 3.63) is 0 Å². The number of hydrogen-bond acceptors (Lipinski definition) is 4. The van der Waals surface area contributed by atoms with Gasteiger partial charge in [-0.3, -0.25) is 4.18 Å². The van der Waals surface area contributed by atoms with Crippen LogP contribution < -0.4 is 0 Å². The van der Waals surface area contributed by atoms with Crippen molar-refractivity contribution in [2.75, 3.05) is 34.3 Å². The summed E-state index contributed by atoms with van der Waals surface area (Å²) in [5.41, 5.74) is 0. The van der Waals surface area contributed by atoms with Crippen LogP contribution in [0.5, 0.6) is 0 Å². The van der Waals surface area contributed by atoms with E-state index in [1.54, 1.807) is 0 Å². The van der Waals surface area contributed by atoms with E-state index < -0.39 is 10.4 Å². The van der Waals surface area contributed by atoms with E-state index in [0.717, 1.165) is 17.3 Å². The molecule has 0 heterocycles. The summed E-state index contributed by atoms with van der Waals surface area (Å²) in [6.07, 6.45) is 32.1. The third-order valence-electron chi connectivity index (χ3n) is 6.91. The molecule has 0 N–H and O–H groups in total. The monoisotopic (exact) mass is 572 g/mol. The zero-order valence-corrected chi connectivity index (χ0v) is 29.7. The van der Waals surface area contributed by atoms with E-state index in [0.29, 0.717) is 6.42 Å². The van der Waals surface area contributed by atoms with E-state index in [4.69, 9.17) is 0 Å². The van der Waals surface area contributed by atoms with Crippen molar-refractivity contribution in [2.24, 2.45) is 0 Å². The predicted molar refractivity (Wildman–Crippen MR) is 166 cm³/mol. The van der Waals surface area contributed by atoms with Gasteiger partial charge in [-0.25, -0.2) is 8.42 Å². The summed E-state index contributed by atoms with van der Waals surface area (Å²) in [6, 6.07) is 0. The SMILES string of the molecule is CCCCCCCCCCCCCCCC[N+](C)(C)C.CCCCCCCCCCCCOS(=O)(=O)[O-].[Na]. The molecule has 0 saturated carbocycles. The average molecular weight is 573 g/mol. The molecule has 0 bridgehead atoms. The fourth-order valence-corrected chi connectivity index (χ4v) is 4.85.